The Labute approximate surface area is 272 Å². The van der Waals surface area contributed by atoms with E-state index in [-0.39, 0.29) is 5.24 Å². The molecule has 3 heteroatoms. The van der Waals surface area contributed by atoms with E-state index in [1.54, 1.807) is 0 Å². The van der Waals surface area contributed by atoms with Gasteiger partial charge in [0, 0.05) is 13.1 Å². The number of hydrogen-bond acceptors (Lipinski definition) is 1. The van der Waals surface area contributed by atoms with Crippen molar-refractivity contribution in [2.24, 2.45) is 0 Å². The molecule has 1 amide bonds. The minimum atomic E-state index is -0.0250. The summed E-state index contributed by atoms with van der Waals surface area (Å²) in [4.78, 5) is 13.9. The smallest absolute Gasteiger partial charge is 0.278 e. The third kappa shape index (κ3) is 34.3. The minimum Gasteiger partial charge on any atom is -0.334 e. The summed E-state index contributed by atoms with van der Waals surface area (Å²) >= 11 is 4.15. The van der Waals surface area contributed by atoms with Crippen LogP contribution in [0.2, 0.25) is 0 Å². The third-order valence-corrected chi connectivity index (χ3v) is 9.62. The first kappa shape index (κ1) is 41.8. The van der Waals surface area contributed by atoms with Crippen molar-refractivity contribution in [2.75, 3.05) is 13.1 Å². The molecule has 0 aliphatic rings. The number of hydrogen-bond donors (Lipinski definition) is 1. The van der Waals surface area contributed by atoms with E-state index in [1.165, 1.54) is 205 Å². The second kappa shape index (κ2) is 37.0. The molecule has 252 valence electrons. The monoisotopic (exact) mass is 610 g/mol. The first-order valence-corrected chi connectivity index (χ1v) is 20.1. The maximum atomic E-state index is 11.9. The molecule has 0 heterocycles. The zero-order valence-electron chi connectivity index (χ0n) is 29.3. The highest BCUT2D eigenvalue weighted by atomic mass is 32.1. The van der Waals surface area contributed by atoms with Crippen LogP contribution in [-0.4, -0.2) is 23.2 Å². The summed E-state index contributed by atoms with van der Waals surface area (Å²) in [7, 11) is 0. The van der Waals surface area contributed by atoms with E-state index >= 15 is 0 Å². The molecule has 0 spiro atoms. The maximum absolute atomic E-state index is 11.9. The van der Waals surface area contributed by atoms with Crippen LogP contribution < -0.4 is 0 Å². The van der Waals surface area contributed by atoms with Gasteiger partial charge < -0.3 is 4.90 Å². The number of amides is 1. The molecule has 0 atom stereocenters. The molecule has 0 rings (SSSR count). The Morgan fingerprint density at radius 1 is 0.333 bits per heavy atom. The second-order valence-corrected chi connectivity index (χ2v) is 14.0. The molecular formula is C39H79NOS. The Balaban J connectivity index is 3.36. The number of thiol groups is 1. The van der Waals surface area contributed by atoms with E-state index in [1.807, 2.05) is 4.90 Å². The Morgan fingerprint density at radius 3 is 0.667 bits per heavy atom. The van der Waals surface area contributed by atoms with Crippen molar-refractivity contribution in [1.82, 2.24) is 4.90 Å². The van der Waals surface area contributed by atoms with Crippen LogP contribution in [0.1, 0.15) is 232 Å². The average molecular weight is 610 g/mol. The number of carbonyl (C=O) groups is 1. The molecule has 0 unspecified atom stereocenters. The van der Waals surface area contributed by atoms with Crippen LogP contribution in [0.3, 0.4) is 0 Å². The van der Waals surface area contributed by atoms with Gasteiger partial charge in [-0.2, -0.15) is 0 Å². The fourth-order valence-corrected chi connectivity index (χ4v) is 6.56. The van der Waals surface area contributed by atoms with Crippen molar-refractivity contribution in [3.8, 4) is 0 Å². The standard InChI is InChI=1S/C39H79NOS/c1-3-5-7-9-11-13-15-17-19-21-23-25-27-29-31-33-35-37-40(39(41)42)38-36-34-32-30-28-26-24-22-20-18-16-14-12-10-8-6-4-2/h3-38H2,1-2H3,(H,41,42). The van der Waals surface area contributed by atoms with E-state index < -0.39 is 0 Å². The zero-order chi connectivity index (χ0) is 30.6. The Kier molecular flexibility index (Phi) is 36.9. The molecule has 42 heavy (non-hydrogen) atoms. The molecule has 2 nitrogen and oxygen atoms in total. The summed E-state index contributed by atoms with van der Waals surface area (Å²) in [5.74, 6) is 0. The van der Waals surface area contributed by atoms with Crippen molar-refractivity contribution >= 4 is 17.9 Å². The van der Waals surface area contributed by atoms with Crippen molar-refractivity contribution < 1.29 is 4.79 Å². The van der Waals surface area contributed by atoms with Crippen LogP contribution in [0.5, 0.6) is 0 Å². The van der Waals surface area contributed by atoms with Gasteiger partial charge in [-0.05, 0) is 12.8 Å². The van der Waals surface area contributed by atoms with E-state index in [0.29, 0.717) is 0 Å². The predicted molar refractivity (Wildman–Crippen MR) is 194 cm³/mol. The molecule has 0 bridgehead atoms. The van der Waals surface area contributed by atoms with Crippen LogP contribution in [-0.2, 0) is 0 Å². The van der Waals surface area contributed by atoms with Crippen molar-refractivity contribution in [1.29, 1.82) is 0 Å². The lowest BCUT2D eigenvalue weighted by Crippen LogP contribution is -2.28. The van der Waals surface area contributed by atoms with E-state index in [9.17, 15) is 4.79 Å². The van der Waals surface area contributed by atoms with Gasteiger partial charge in [0.25, 0.3) is 5.24 Å². The van der Waals surface area contributed by atoms with Crippen LogP contribution in [0.15, 0.2) is 0 Å². The first-order chi connectivity index (χ1) is 20.7. The summed E-state index contributed by atoms with van der Waals surface area (Å²) in [6.45, 7) is 6.40. The van der Waals surface area contributed by atoms with E-state index in [4.69, 9.17) is 0 Å². The highest BCUT2D eigenvalue weighted by Crippen LogP contribution is 2.16. The van der Waals surface area contributed by atoms with Gasteiger partial charge in [0.05, 0.1) is 0 Å². The lowest BCUT2D eigenvalue weighted by Gasteiger charge is -2.20. The SMILES string of the molecule is CCCCCCCCCCCCCCCCCCCN(CCCCCCCCCCCCCCCCCCC)C(=O)S. The third-order valence-electron chi connectivity index (χ3n) is 9.33. The maximum Gasteiger partial charge on any atom is 0.278 e. The summed E-state index contributed by atoms with van der Waals surface area (Å²) in [5.41, 5.74) is 0. The van der Waals surface area contributed by atoms with Gasteiger partial charge in [-0.15, -0.1) is 0 Å². The topological polar surface area (TPSA) is 20.3 Å². The molecule has 0 aliphatic carbocycles. The highest BCUT2D eigenvalue weighted by Gasteiger charge is 2.08. The summed E-state index contributed by atoms with van der Waals surface area (Å²) in [5, 5.41) is -0.0250. The Bertz CT molecular complexity index is 473. The number of rotatable bonds is 36. The molecule has 0 saturated heterocycles. The van der Waals surface area contributed by atoms with Crippen LogP contribution in [0.25, 0.3) is 0 Å². The summed E-state index contributed by atoms with van der Waals surface area (Å²) < 4.78 is 0. The number of nitrogens with zero attached hydrogens (tertiary/aromatic N) is 1. The predicted octanol–water partition coefficient (Wildman–Crippen LogP) is 14.6. The zero-order valence-corrected chi connectivity index (χ0v) is 30.2. The average Bonchev–Trinajstić information content (AvgIpc) is 2.99. The molecule has 0 radical (unpaired) electrons. The molecular weight excluding hydrogens is 531 g/mol. The van der Waals surface area contributed by atoms with Gasteiger partial charge >= 0.3 is 0 Å². The molecule has 0 N–H and O–H groups in total. The van der Waals surface area contributed by atoms with Crippen molar-refractivity contribution in [3.63, 3.8) is 0 Å². The number of carbonyl (C=O) groups excluding carboxylic acids is 1. The Morgan fingerprint density at radius 2 is 0.500 bits per heavy atom. The minimum absolute atomic E-state index is 0.0250. The van der Waals surface area contributed by atoms with Crippen LogP contribution >= 0.6 is 12.6 Å². The largest absolute Gasteiger partial charge is 0.334 e. The molecule has 0 aliphatic heterocycles. The van der Waals surface area contributed by atoms with Gasteiger partial charge in [0.2, 0.25) is 0 Å². The van der Waals surface area contributed by atoms with Crippen molar-refractivity contribution in [3.05, 3.63) is 0 Å². The van der Waals surface area contributed by atoms with Gasteiger partial charge in [-0.25, -0.2) is 0 Å². The Hall–Kier alpha value is -0.180. The molecule has 0 aromatic heterocycles. The van der Waals surface area contributed by atoms with Gasteiger partial charge in [0.1, 0.15) is 0 Å². The quantitative estimate of drug-likeness (QED) is 0.0553. The van der Waals surface area contributed by atoms with Crippen LogP contribution in [0.4, 0.5) is 4.79 Å². The van der Waals surface area contributed by atoms with Gasteiger partial charge in [0.15, 0.2) is 0 Å². The second-order valence-electron chi connectivity index (χ2n) is 13.6. The van der Waals surface area contributed by atoms with E-state index in [0.717, 1.165) is 25.9 Å². The van der Waals surface area contributed by atoms with Gasteiger partial charge in [-0.3, -0.25) is 4.79 Å². The van der Waals surface area contributed by atoms with Crippen LogP contribution in [0, 0.1) is 0 Å². The van der Waals surface area contributed by atoms with Crippen molar-refractivity contribution in [2.45, 2.75) is 232 Å². The summed E-state index contributed by atoms with van der Waals surface area (Å²) in [6.07, 6.45) is 47.4. The summed E-state index contributed by atoms with van der Waals surface area (Å²) in [6, 6.07) is 0. The van der Waals surface area contributed by atoms with Gasteiger partial charge in [-0.1, -0.05) is 232 Å². The van der Waals surface area contributed by atoms with E-state index in [2.05, 4.69) is 26.5 Å². The normalized spacial score (nSPS) is 11.4. The molecule has 0 aromatic carbocycles. The molecule has 0 fully saturated rings. The lowest BCUT2D eigenvalue weighted by molar-refractivity contribution is 0.220. The first-order valence-electron chi connectivity index (χ1n) is 19.7. The fourth-order valence-electron chi connectivity index (χ4n) is 6.36. The lowest BCUT2D eigenvalue weighted by atomic mass is 10.0. The molecule has 0 aromatic rings. The fraction of sp³-hybridized carbons (Fsp3) is 0.974. The number of unbranched alkanes of at least 4 members (excludes halogenated alkanes) is 32. The highest BCUT2D eigenvalue weighted by molar-refractivity contribution is 7.96. The molecule has 0 saturated carbocycles.